The second kappa shape index (κ2) is 5.51. The Kier molecular flexibility index (Phi) is 4.02. The van der Waals surface area contributed by atoms with E-state index in [2.05, 4.69) is 16.8 Å². The van der Waals surface area contributed by atoms with E-state index in [1.165, 1.54) is 6.42 Å². The molecule has 1 saturated heterocycles. The highest BCUT2D eigenvalue weighted by Gasteiger charge is 2.18. The monoisotopic (exact) mass is 240 g/mol. The zero-order valence-corrected chi connectivity index (χ0v) is 10.3. The van der Waals surface area contributed by atoms with Crippen molar-refractivity contribution >= 4 is 17.3 Å². The van der Waals surface area contributed by atoms with Gasteiger partial charge in [0.2, 0.25) is 0 Å². The number of nitrogens with zero attached hydrogens (tertiary/aromatic N) is 2. The molecule has 1 unspecified atom stereocenters. The third kappa shape index (κ3) is 2.86. The van der Waals surface area contributed by atoms with E-state index in [4.69, 9.17) is 16.3 Å². The fourth-order valence-electron chi connectivity index (χ4n) is 2.04. The van der Waals surface area contributed by atoms with Crippen LogP contribution in [-0.2, 0) is 4.74 Å². The van der Waals surface area contributed by atoms with E-state index in [1.54, 1.807) is 6.20 Å². The topological polar surface area (TPSA) is 25.4 Å². The SMILES string of the molecule is CCN(CC1CCCO1)c1ccnc(Cl)c1. The Balaban J connectivity index is 2.03. The van der Waals surface area contributed by atoms with Gasteiger partial charge in [-0.1, -0.05) is 11.6 Å². The second-order valence-corrected chi connectivity index (χ2v) is 4.40. The molecule has 0 spiro atoms. The molecule has 2 rings (SSSR count). The number of hydrogen-bond donors (Lipinski definition) is 0. The summed E-state index contributed by atoms with van der Waals surface area (Å²) < 4.78 is 5.65. The molecule has 0 aromatic carbocycles. The van der Waals surface area contributed by atoms with Crippen LogP contribution in [0.2, 0.25) is 5.15 Å². The number of rotatable bonds is 4. The van der Waals surface area contributed by atoms with Crippen molar-refractivity contribution in [2.24, 2.45) is 0 Å². The van der Waals surface area contributed by atoms with Gasteiger partial charge in [-0.25, -0.2) is 4.98 Å². The van der Waals surface area contributed by atoms with Gasteiger partial charge in [-0.3, -0.25) is 0 Å². The van der Waals surface area contributed by atoms with Crippen molar-refractivity contribution in [1.82, 2.24) is 4.98 Å². The number of aromatic nitrogens is 1. The van der Waals surface area contributed by atoms with Crippen LogP contribution in [0.4, 0.5) is 5.69 Å². The van der Waals surface area contributed by atoms with Gasteiger partial charge in [0, 0.05) is 31.6 Å². The van der Waals surface area contributed by atoms with Crippen LogP contribution in [0.3, 0.4) is 0 Å². The van der Waals surface area contributed by atoms with Gasteiger partial charge in [0.15, 0.2) is 0 Å². The molecule has 0 radical (unpaired) electrons. The summed E-state index contributed by atoms with van der Waals surface area (Å²) in [6.07, 6.45) is 4.46. The van der Waals surface area contributed by atoms with E-state index >= 15 is 0 Å². The van der Waals surface area contributed by atoms with Gasteiger partial charge in [0.1, 0.15) is 5.15 Å². The van der Waals surface area contributed by atoms with Gasteiger partial charge < -0.3 is 9.64 Å². The molecule has 88 valence electrons. The van der Waals surface area contributed by atoms with Crippen LogP contribution < -0.4 is 4.90 Å². The van der Waals surface area contributed by atoms with Crippen LogP contribution in [0.5, 0.6) is 0 Å². The zero-order chi connectivity index (χ0) is 11.4. The van der Waals surface area contributed by atoms with Gasteiger partial charge in [0.05, 0.1) is 6.10 Å². The maximum atomic E-state index is 5.89. The molecule has 3 nitrogen and oxygen atoms in total. The lowest BCUT2D eigenvalue weighted by Crippen LogP contribution is -2.31. The van der Waals surface area contributed by atoms with Gasteiger partial charge in [-0.2, -0.15) is 0 Å². The molecule has 0 aliphatic carbocycles. The minimum Gasteiger partial charge on any atom is -0.376 e. The summed E-state index contributed by atoms with van der Waals surface area (Å²) in [6.45, 7) is 4.94. The molecule has 0 amide bonds. The number of pyridine rings is 1. The number of hydrogen-bond acceptors (Lipinski definition) is 3. The lowest BCUT2D eigenvalue weighted by molar-refractivity contribution is 0.115. The molecule has 1 aliphatic rings. The Morgan fingerprint density at radius 2 is 2.50 bits per heavy atom. The van der Waals surface area contributed by atoms with Crippen LogP contribution in [0.25, 0.3) is 0 Å². The Labute approximate surface area is 101 Å². The number of anilines is 1. The van der Waals surface area contributed by atoms with E-state index in [1.807, 2.05) is 12.1 Å². The molecule has 16 heavy (non-hydrogen) atoms. The van der Waals surface area contributed by atoms with Crippen LogP contribution in [-0.4, -0.2) is 30.8 Å². The molecule has 4 heteroatoms. The van der Waals surface area contributed by atoms with E-state index in [0.29, 0.717) is 11.3 Å². The van der Waals surface area contributed by atoms with Crippen LogP contribution in [0, 0.1) is 0 Å². The van der Waals surface area contributed by atoms with Crippen LogP contribution in [0.1, 0.15) is 19.8 Å². The summed E-state index contributed by atoms with van der Waals surface area (Å²) in [6, 6.07) is 3.89. The molecule has 0 bridgehead atoms. The van der Waals surface area contributed by atoms with Gasteiger partial charge in [0.25, 0.3) is 0 Å². The quantitative estimate of drug-likeness (QED) is 0.757. The van der Waals surface area contributed by atoms with Crippen molar-refractivity contribution in [1.29, 1.82) is 0 Å². The zero-order valence-electron chi connectivity index (χ0n) is 9.53. The predicted molar refractivity (Wildman–Crippen MR) is 66.1 cm³/mol. The molecule has 0 saturated carbocycles. The molecule has 0 N–H and O–H groups in total. The van der Waals surface area contributed by atoms with Crippen LogP contribution >= 0.6 is 11.6 Å². The second-order valence-electron chi connectivity index (χ2n) is 4.01. The highest BCUT2D eigenvalue weighted by atomic mass is 35.5. The Morgan fingerprint density at radius 1 is 1.62 bits per heavy atom. The molecule has 1 aliphatic heterocycles. The first-order valence-electron chi connectivity index (χ1n) is 5.77. The highest BCUT2D eigenvalue weighted by Crippen LogP contribution is 2.20. The highest BCUT2D eigenvalue weighted by molar-refractivity contribution is 6.29. The molecule has 1 fully saturated rings. The minimum absolute atomic E-state index is 0.367. The average Bonchev–Trinajstić information content (AvgIpc) is 2.78. The number of likely N-dealkylation sites (N-methyl/N-ethyl adjacent to an activating group) is 1. The van der Waals surface area contributed by atoms with Gasteiger partial charge in [-0.15, -0.1) is 0 Å². The first-order valence-corrected chi connectivity index (χ1v) is 6.15. The Morgan fingerprint density at radius 3 is 3.12 bits per heavy atom. The average molecular weight is 241 g/mol. The van der Waals surface area contributed by atoms with Crippen molar-refractivity contribution < 1.29 is 4.74 Å². The first-order chi connectivity index (χ1) is 7.79. The summed E-state index contributed by atoms with van der Waals surface area (Å²) in [4.78, 5) is 6.28. The van der Waals surface area contributed by atoms with E-state index < -0.39 is 0 Å². The Hall–Kier alpha value is -0.800. The van der Waals surface area contributed by atoms with Gasteiger partial charge >= 0.3 is 0 Å². The largest absolute Gasteiger partial charge is 0.376 e. The third-order valence-electron chi connectivity index (χ3n) is 2.91. The summed E-state index contributed by atoms with van der Waals surface area (Å²) >= 11 is 5.89. The summed E-state index contributed by atoms with van der Waals surface area (Å²) in [5, 5.41) is 0.545. The third-order valence-corrected chi connectivity index (χ3v) is 3.11. The van der Waals surface area contributed by atoms with Crippen molar-refractivity contribution in [2.75, 3.05) is 24.6 Å². The fourth-order valence-corrected chi connectivity index (χ4v) is 2.21. The summed E-state index contributed by atoms with van der Waals surface area (Å²) in [5.74, 6) is 0. The smallest absolute Gasteiger partial charge is 0.131 e. The van der Waals surface area contributed by atoms with Gasteiger partial charge in [-0.05, 0) is 31.9 Å². The molecule has 1 aromatic rings. The fraction of sp³-hybridized carbons (Fsp3) is 0.583. The van der Waals surface area contributed by atoms with Crippen molar-refractivity contribution in [3.63, 3.8) is 0 Å². The number of ether oxygens (including phenoxy) is 1. The normalized spacial score (nSPS) is 20.0. The molecule has 1 atom stereocenters. The van der Waals surface area contributed by atoms with Crippen molar-refractivity contribution in [3.8, 4) is 0 Å². The molecular weight excluding hydrogens is 224 g/mol. The Bertz CT molecular complexity index is 340. The minimum atomic E-state index is 0.367. The summed E-state index contributed by atoms with van der Waals surface area (Å²) in [5.41, 5.74) is 1.12. The molecule has 1 aromatic heterocycles. The standard InChI is InChI=1S/C12H17ClN2O/c1-2-15(9-11-4-3-7-16-11)10-5-6-14-12(13)8-10/h5-6,8,11H,2-4,7,9H2,1H3. The predicted octanol–water partition coefficient (Wildman–Crippen LogP) is 2.74. The van der Waals surface area contributed by atoms with E-state index in [9.17, 15) is 0 Å². The van der Waals surface area contributed by atoms with E-state index in [0.717, 1.165) is 31.8 Å². The maximum absolute atomic E-state index is 5.89. The lowest BCUT2D eigenvalue weighted by Gasteiger charge is -2.25. The van der Waals surface area contributed by atoms with Crippen molar-refractivity contribution in [3.05, 3.63) is 23.5 Å². The van der Waals surface area contributed by atoms with Crippen LogP contribution in [0.15, 0.2) is 18.3 Å². The summed E-state index contributed by atoms with van der Waals surface area (Å²) in [7, 11) is 0. The first kappa shape index (κ1) is 11.7. The number of halogens is 1. The van der Waals surface area contributed by atoms with Crippen molar-refractivity contribution in [2.45, 2.75) is 25.9 Å². The maximum Gasteiger partial charge on any atom is 0.131 e. The van der Waals surface area contributed by atoms with E-state index in [-0.39, 0.29) is 0 Å². The lowest BCUT2D eigenvalue weighted by atomic mass is 10.2. The molecule has 2 heterocycles. The molecular formula is C12H17ClN2O.